The van der Waals surface area contributed by atoms with Crippen molar-refractivity contribution in [2.75, 3.05) is 6.54 Å². The molecule has 1 aromatic carbocycles. The van der Waals surface area contributed by atoms with E-state index in [0.29, 0.717) is 41.4 Å². The number of amides is 1. The Morgan fingerprint density at radius 3 is 2.80 bits per heavy atom. The number of rotatable bonds is 3. The van der Waals surface area contributed by atoms with Crippen LogP contribution in [0.1, 0.15) is 28.7 Å². The van der Waals surface area contributed by atoms with Crippen LogP contribution in [0.2, 0.25) is 5.02 Å². The number of hydrogen-bond acceptors (Lipinski definition) is 4. The number of aryl methyl sites for hydroxylation is 1. The van der Waals surface area contributed by atoms with E-state index in [4.69, 9.17) is 11.6 Å². The van der Waals surface area contributed by atoms with Gasteiger partial charge in [0.2, 0.25) is 0 Å². The van der Waals surface area contributed by atoms with Crippen LogP contribution >= 0.6 is 11.6 Å². The van der Waals surface area contributed by atoms with Gasteiger partial charge in [-0.3, -0.25) is 19.4 Å². The zero-order valence-corrected chi connectivity index (χ0v) is 17.1. The lowest BCUT2D eigenvalue weighted by Gasteiger charge is -2.27. The number of aromatic amines is 1. The van der Waals surface area contributed by atoms with E-state index in [-0.39, 0.29) is 23.7 Å². The number of nitrogens with one attached hydrogen (secondary N) is 1. The molecule has 0 saturated carbocycles. The van der Waals surface area contributed by atoms with Crippen molar-refractivity contribution in [3.8, 4) is 11.3 Å². The second-order valence-corrected chi connectivity index (χ2v) is 7.64. The summed E-state index contributed by atoms with van der Waals surface area (Å²) in [6, 6.07) is 11.6. The van der Waals surface area contributed by atoms with Crippen molar-refractivity contribution in [2.24, 2.45) is 0 Å². The van der Waals surface area contributed by atoms with Crippen LogP contribution in [-0.2, 0) is 19.5 Å². The van der Waals surface area contributed by atoms with Crippen LogP contribution < -0.4 is 5.56 Å². The zero-order valence-electron chi connectivity index (χ0n) is 16.3. The van der Waals surface area contributed by atoms with Gasteiger partial charge in [0.05, 0.1) is 23.0 Å². The maximum absolute atomic E-state index is 13.0. The Bertz CT molecular complexity index is 1320. The molecule has 1 amide bonds. The first-order valence-corrected chi connectivity index (χ1v) is 10.1. The van der Waals surface area contributed by atoms with E-state index in [2.05, 4.69) is 15.2 Å². The molecule has 0 atom stereocenters. The molecular formula is C21H19ClN6O2. The molecule has 30 heavy (non-hydrogen) atoms. The van der Waals surface area contributed by atoms with Crippen LogP contribution in [0.4, 0.5) is 0 Å². The topological polar surface area (TPSA) is 88.3 Å². The molecule has 3 aromatic heterocycles. The SMILES string of the molecule is CCn1cc(Cl)c(C(=O)N2CCc3c(nc4cc(-c5ccccc5)[nH]n4c3=O)C2)n1. The molecule has 0 aliphatic carbocycles. The van der Waals surface area contributed by atoms with Crippen molar-refractivity contribution >= 4 is 23.2 Å². The predicted molar refractivity (Wildman–Crippen MR) is 113 cm³/mol. The third-order valence-electron chi connectivity index (χ3n) is 5.38. The fourth-order valence-corrected chi connectivity index (χ4v) is 4.02. The highest BCUT2D eigenvalue weighted by molar-refractivity contribution is 6.33. The maximum Gasteiger partial charge on any atom is 0.276 e. The van der Waals surface area contributed by atoms with E-state index in [0.717, 1.165) is 11.3 Å². The van der Waals surface area contributed by atoms with Crippen LogP contribution in [0.5, 0.6) is 0 Å². The Labute approximate surface area is 176 Å². The van der Waals surface area contributed by atoms with Crippen LogP contribution in [-0.4, -0.2) is 41.7 Å². The third-order valence-corrected chi connectivity index (χ3v) is 5.66. The summed E-state index contributed by atoms with van der Waals surface area (Å²) in [5.74, 6) is -0.251. The summed E-state index contributed by atoms with van der Waals surface area (Å²) >= 11 is 6.20. The second kappa shape index (κ2) is 7.14. The number of carbonyl (C=O) groups excluding carboxylic acids is 1. The van der Waals surface area contributed by atoms with Gasteiger partial charge >= 0.3 is 0 Å². The van der Waals surface area contributed by atoms with Gasteiger partial charge in [-0.2, -0.15) is 5.10 Å². The van der Waals surface area contributed by atoms with Gasteiger partial charge in [0.1, 0.15) is 0 Å². The Kier molecular flexibility index (Phi) is 4.43. The number of halogens is 1. The van der Waals surface area contributed by atoms with Gasteiger partial charge in [0.25, 0.3) is 11.5 Å². The molecule has 1 aliphatic heterocycles. The standard InChI is InChI=1S/C21H19ClN6O2/c1-2-27-11-15(22)19(25-27)21(30)26-9-8-14-17(12-26)23-18-10-16(24-28(18)20(14)29)13-6-4-3-5-7-13/h3-7,10-11,24H,2,8-9,12H2,1H3. The molecule has 4 heterocycles. The molecular weight excluding hydrogens is 404 g/mol. The van der Waals surface area contributed by atoms with Crippen LogP contribution in [0.15, 0.2) is 47.4 Å². The summed E-state index contributed by atoms with van der Waals surface area (Å²) in [4.78, 5) is 32.3. The molecule has 1 N–H and O–H groups in total. The van der Waals surface area contributed by atoms with E-state index in [1.165, 1.54) is 4.52 Å². The van der Waals surface area contributed by atoms with Crippen molar-refractivity contribution in [1.82, 2.24) is 29.3 Å². The molecule has 0 unspecified atom stereocenters. The third kappa shape index (κ3) is 3.00. The lowest BCUT2D eigenvalue weighted by atomic mass is 10.1. The Morgan fingerprint density at radius 2 is 2.07 bits per heavy atom. The molecule has 0 radical (unpaired) electrons. The summed E-state index contributed by atoms with van der Waals surface area (Å²) in [5, 5.41) is 7.73. The van der Waals surface area contributed by atoms with E-state index < -0.39 is 0 Å². The quantitative estimate of drug-likeness (QED) is 0.550. The highest BCUT2D eigenvalue weighted by Gasteiger charge is 2.28. The lowest BCUT2D eigenvalue weighted by Crippen LogP contribution is -2.40. The minimum atomic E-state index is -0.251. The van der Waals surface area contributed by atoms with Crippen LogP contribution in [0.3, 0.4) is 0 Å². The smallest absolute Gasteiger partial charge is 0.276 e. The molecule has 5 rings (SSSR count). The second-order valence-electron chi connectivity index (χ2n) is 7.23. The summed E-state index contributed by atoms with van der Waals surface area (Å²) in [6.07, 6.45) is 2.08. The van der Waals surface area contributed by atoms with Gasteiger partial charge < -0.3 is 4.90 Å². The highest BCUT2D eigenvalue weighted by Crippen LogP contribution is 2.23. The first-order chi connectivity index (χ1) is 14.5. The molecule has 1 aliphatic rings. The minimum Gasteiger partial charge on any atom is -0.331 e. The summed E-state index contributed by atoms with van der Waals surface area (Å²) in [5.41, 5.74) is 3.66. The van der Waals surface area contributed by atoms with E-state index >= 15 is 0 Å². The molecule has 0 bridgehead atoms. The summed E-state index contributed by atoms with van der Waals surface area (Å²) in [6.45, 7) is 3.22. The monoisotopic (exact) mass is 422 g/mol. The number of carbonyl (C=O) groups is 1. The van der Waals surface area contributed by atoms with Gasteiger partial charge in [0.15, 0.2) is 11.3 Å². The van der Waals surface area contributed by atoms with Gasteiger partial charge in [-0.05, 0) is 18.9 Å². The molecule has 8 nitrogen and oxygen atoms in total. The lowest BCUT2D eigenvalue weighted by molar-refractivity contribution is 0.0724. The first-order valence-electron chi connectivity index (χ1n) is 9.76. The zero-order chi connectivity index (χ0) is 20.8. The van der Waals surface area contributed by atoms with E-state index in [1.54, 1.807) is 15.8 Å². The van der Waals surface area contributed by atoms with Crippen molar-refractivity contribution < 1.29 is 4.79 Å². The summed E-state index contributed by atoms with van der Waals surface area (Å²) in [7, 11) is 0. The average molecular weight is 423 g/mol. The van der Waals surface area contributed by atoms with Crippen LogP contribution in [0, 0.1) is 0 Å². The molecule has 152 valence electrons. The number of nitrogens with zero attached hydrogens (tertiary/aromatic N) is 5. The predicted octanol–water partition coefficient (Wildman–Crippen LogP) is 2.76. The first kappa shape index (κ1) is 18.6. The van der Waals surface area contributed by atoms with Gasteiger partial charge in [-0.15, -0.1) is 0 Å². The van der Waals surface area contributed by atoms with Gasteiger partial charge in [-0.1, -0.05) is 41.9 Å². The number of aromatic nitrogens is 5. The Balaban J connectivity index is 1.50. The fraction of sp³-hybridized carbons (Fsp3) is 0.238. The molecule has 0 saturated heterocycles. The minimum absolute atomic E-state index is 0.127. The molecule has 9 heteroatoms. The summed E-state index contributed by atoms with van der Waals surface area (Å²) < 4.78 is 3.10. The van der Waals surface area contributed by atoms with Crippen molar-refractivity contribution in [3.05, 3.63) is 74.9 Å². The van der Waals surface area contributed by atoms with Crippen molar-refractivity contribution in [3.63, 3.8) is 0 Å². The van der Waals surface area contributed by atoms with E-state index in [1.807, 2.05) is 43.3 Å². The Hall–Kier alpha value is -3.39. The number of fused-ring (bicyclic) bond motifs is 2. The highest BCUT2D eigenvalue weighted by atomic mass is 35.5. The number of H-pyrrole nitrogens is 1. The maximum atomic E-state index is 13.0. The van der Waals surface area contributed by atoms with Gasteiger partial charge in [0, 0.05) is 30.9 Å². The fourth-order valence-electron chi connectivity index (χ4n) is 3.79. The molecule has 0 spiro atoms. The molecule has 4 aromatic rings. The largest absolute Gasteiger partial charge is 0.331 e. The van der Waals surface area contributed by atoms with Gasteiger partial charge in [-0.25, -0.2) is 9.50 Å². The number of benzene rings is 1. The average Bonchev–Trinajstić information content (AvgIpc) is 3.37. The van der Waals surface area contributed by atoms with Crippen molar-refractivity contribution in [1.29, 1.82) is 0 Å². The normalized spacial score (nSPS) is 13.6. The van der Waals surface area contributed by atoms with E-state index in [9.17, 15) is 9.59 Å². The van der Waals surface area contributed by atoms with Crippen molar-refractivity contribution in [2.45, 2.75) is 26.4 Å². The Morgan fingerprint density at radius 1 is 1.27 bits per heavy atom. The molecule has 0 fully saturated rings. The van der Waals surface area contributed by atoms with Crippen LogP contribution in [0.25, 0.3) is 16.9 Å². The number of hydrogen-bond donors (Lipinski definition) is 1.